The number of anilines is 1. The van der Waals surface area contributed by atoms with Crippen molar-refractivity contribution in [3.8, 4) is 11.5 Å². The lowest BCUT2D eigenvalue weighted by atomic mass is 10.0. The summed E-state index contributed by atoms with van der Waals surface area (Å²) < 4.78 is 11.2. The summed E-state index contributed by atoms with van der Waals surface area (Å²) in [5.74, 6) is 1.59. The van der Waals surface area contributed by atoms with Crippen LogP contribution in [0.5, 0.6) is 11.5 Å². The lowest BCUT2D eigenvalue weighted by molar-refractivity contribution is 0.139. The van der Waals surface area contributed by atoms with Crippen LogP contribution in [0.1, 0.15) is 18.4 Å². The highest BCUT2D eigenvalue weighted by Gasteiger charge is 2.22. The summed E-state index contributed by atoms with van der Waals surface area (Å²) in [7, 11) is 4.38. The zero-order chi connectivity index (χ0) is 14.8. The summed E-state index contributed by atoms with van der Waals surface area (Å²) in [6.45, 7) is 4.41. The number of hydrogen-bond acceptors (Lipinski definition) is 5. The van der Waals surface area contributed by atoms with Gasteiger partial charge in [-0.1, -0.05) is 0 Å². The Morgan fingerprint density at radius 2 is 1.81 bits per heavy atom. The van der Waals surface area contributed by atoms with Crippen molar-refractivity contribution in [2.75, 3.05) is 46.1 Å². The number of piperidine rings is 1. The Balaban J connectivity index is 1.69. The summed E-state index contributed by atoms with van der Waals surface area (Å²) >= 11 is 0. The van der Waals surface area contributed by atoms with Gasteiger partial charge in [-0.05, 0) is 51.7 Å². The summed E-state index contributed by atoms with van der Waals surface area (Å²) in [6.07, 6.45) is 2.44. The van der Waals surface area contributed by atoms with Gasteiger partial charge in [0.1, 0.15) is 13.2 Å². The van der Waals surface area contributed by atoms with Gasteiger partial charge in [-0.25, -0.2) is 0 Å². The molecule has 116 valence electrons. The first-order valence-electron chi connectivity index (χ1n) is 7.70. The van der Waals surface area contributed by atoms with Crippen LogP contribution in [0.2, 0.25) is 0 Å². The maximum atomic E-state index is 6.17. The van der Waals surface area contributed by atoms with Crippen LogP contribution in [0.15, 0.2) is 12.1 Å². The normalized spacial score (nSPS) is 20.0. The van der Waals surface area contributed by atoms with Crippen molar-refractivity contribution in [3.05, 3.63) is 17.7 Å². The van der Waals surface area contributed by atoms with Gasteiger partial charge >= 0.3 is 0 Å². The van der Waals surface area contributed by atoms with Crippen molar-refractivity contribution < 1.29 is 9.47 Å². The molecule has 5 nitrogen and oxygen atoms in total. The number of fused-ring (bicyclic) bond motifs is 1. The number of nitrogens with two attached hydrogens (primary N) is 1. The number of likely N-dealkylation sites (tertiary alicyclic amines) is 1. The number of nitrogens with zero attached hydrogens (tertiary/aromatic N) is 2. The molecule has 2 N–H and O–H groups in total. The number of nitrogen functional groups attached to an aromatic ring is 1. The SMILES string of the molecule is CN1CCC(N(C)Cc2cc3c(cc2N)OCCO3)CC1. The van der Waals surface area contributed by atoms with E-state index in [0.29, 0.717) is 19.3 Å². The number of rotatable bonds is 3. The molecule has 1 aromatic rings. The van der Waals surface area contributed by atoms with Gasteiger partial charge in [0.15, 0.2) is 11.5 Å². The molecule has 0 radical (unpaired) electrons. The maximum absolute atomic E-state index is 6.17. The molecule has 3 rings (SSSR count). The number of benzene rings is 1. The second kappa shape index (κ2) is 6.12. The first-order valence-corrected chi connectivity index (χ1v) is 7.70. The molecule has 0 aromatic heterocycles. The minimum Gasteiger partial charge on any atom is -0.486 e. The molecule has 0 bridgehead atoms. The van der Waals surface area contributed by atoms with Gasteiger partial charge in [-0.2, -0.15) is 0 Å². The van der Waals surface area contributed by atoms with Crippen LogP contribution in [0.3, 0.4) is 0 Å². The zero-order valence-electron chi connectivity index (χ0n) is 13.0. The van der Waals surface area contributed by atoms with Gasteiger partial charge in [-0.3, -0.25) is 4.90 Å². The minimum absolute atomic E-state index is 0.598. The zero-order valence-corrected chi connectivity index (χ0v) is 13.0. The lowest BCUT2D eigenvalue weighted by Gasteiger charge is -2.35. The van der Waals surface area contributed by atoms with Gasteiger partial charge in [0.25, 0.3) is 0 Å². The molecule has 21 heavy (non-hydrogen) atoms. The van der Waals surface area contributed by atoms with E-state index in [1.807, 2.05) is 12.1 Å². The van der Waals surface area contributed by atoms with Crippen molar-refractivity contribution in [2.45, 2.75) is 25.4 Å². The quantitative estimate of drug-likeness (QED) is 0.857. The highest BCUT2D eigenvalue weighted by molar-refractivity contribution is 5.58. The number of ether oxygens (including phenoxy) is 2. The third kappa shape index (κ3) is 3.24. The van der Waals surface area contributed by atoms with E-state index >= 15 is 0 Å². The molecular formula is C16H25N3O2. The molecule has 1 saturated heterocycles. The largest absolute Gasteiger partial charge is 0.486 e. The minimum atomic E-state index is 0.598. The fourth-order valence-electron chi connectivity index (χ4n) is 3.12. The van der Waals surface area contributed by atoms with E-state index in [1.54, 1.807) is 0 Å². The van der Waals surface area contributed by atoms with Gasteiger partial charge in [0.05, 0.1) is 0 Å². The van der Waals surface area contributed by atoms with Crippen LogP contribution in [0, 0.1) is 0 Å². The Hall–Kier alpha value is -1.46. The lowest BCUT2D eigenvalue weighted by Crippen LogP contribution is -2.41. The number of hydrogen-bond donors (Lipinski definition) is 1. The third-order valence-electron chi connectivity index (χ3n) is 4.54. The van der Waals surface area contributed by atoms with E-state index in [1.165, 1.54) is 25.9 Å². The smallest absolute Gasteiger partial charge is 0.163 e. The van der Waals surface area contributed by atoms with Crippen molar-refractivity contribution in [1.82, 2.24) is 9.80 Å². The second-order valence-electron chi connectivity index (χ2n) is 6.14. The van der Waals surface area contributed by atoms with E-state index in [2.05, 4.69) is 23.9 Å². The van der Waals surface area contributed by atoms with Crippen LogP contribution in [-0.4, -0.2) is 56.2 Å². The van der Waals surface area contributed by atoms with Crippen molar-refractivity contribution in [2.24, 2.45) is 0 Å². The first kappa shape index (κ1) is 14.5. The molecular weight excluding hydrogens is 266 g/mol. The van der Waals surface area contributed by atoms with E-state index in [0.717, 1.165) is 29.3 Å². The summed E-state index contributed by atoms with van der Waals surface area (Å²) in [4.78, 5) is 4.80. The highest BCUT2D eigenvalue weighted by atomic mass is 16.6. The van der Waals surface area contributed by atoms with Crippen LogP contribution < -0.4 is 15.2 Å². The summed E-state index contributed by atoms with van der Waals surface area (Å²) in [5, 5.41) is 0. The predicted molar refractivity (Wildman–Crippen MR) is 83.8 cm³/mol. The molecule has 0 spiro atoms. The molecule has 5 heteroatoms. The second-order valence-corrected chi connectivity index (χ2v) is 6.14. The van der Waals surface area contributed by atoms with Gasteiger partial charge in [0.2, 0.25) is 0 Å². The average Bonchev–Trinajstić information content (AvgIpc) is 2.48. The van der Waals surface area contributed by atoms with Gasteiger partial charge < -0.3 is 20.1 Å². The molecule has 0 unspecified atom stereocenters. The molecule has 2 aliphatic rings. The average molecular weight is 291 g/mol. The predicted octanol–water partition coefficient (Wildman–Crippen LogP) is 1.57. The molecule has 0 amide bonds. The van der Waals surface area contributed by atoms with Crippen molar-refractivity contribution in [3.63, 3.8) is 0 Å². The van der Waals surface area contributed by atoms with Gasteiger partial charge in [0, 0.05) is 24.3 Å². The third-order valence-corrected chi connectivity index (χ3v) is 4.54. The van der Waals surface area contributed by atoms with Crippen molar-refractivity contribution in [1.29, 1.82) is 0 Å². The Morgan fingerprint density at radius 3 is 2.48 bits per heavy atom. The topological polar surface area (TPSA) is 51.0 Å². The molecule has 0 saturated carbocycles. The summed E-state index contributed by atoms with van der Waals surface area (Å²) in [5.41, 5.74) is 8.09. The highest BCUT2D eigenvalue weighted by Crippen LogP contribution is 2.35. The van der Waals surface area contributed by atoms with Crippen LogP contribution in [-0.2, 0) is 6.54 Å². The molecule has 1 fully saturated rings. The monoisotopic (exact) mass is 291 g/mol. The molecule has 0 aliphatic carbocycles. The Kier molecular flexibility index (Phi) is 4.22. The Bertz CT molecular complexity index is 499. The first-order chi connectivity index (χ1) is 10.1. The maximum Gasteiger partial charge on any atom is 0.163 e. The fourth-order valence-corrected chi connectivity index (χ4v) is 3.12. The molecule has 2 aliphatic heterocycles. The van der Waals surface area contributed by atoms with E-state index in [9.17, 15) is 0 Å². The van der Waals surface area contributed by atoms with Gasteiger partial charge in [-0.15, -0.1) is 0 Å². The summed E-state index contributed by atoms with van der Waals surface area (Å²) in [6, 6.07) is 4.57. The van der Waals surface area contributed by atoms with Crippen LogP contribution in [0.25, 0.3) is 0 Å². The van der Waals surface area contributed by atoms with E-state index in [4.69, 9.17) is 15.2 Å². The Morgan fingerprint density at radius 1 is 1.19 bits per heavy atom. The Labute approximate surface area is 126 Å². The van der Waals surface area contributed by atoms with Crippen molar-refractivity contribution >= 4 is 5.69 Å². The van der Waals surface area contributed by atoms with E-state index in [-0.39, 0.29) is 0 Å². The van der Waals surface area contributed by atoms with Crippen LogP contribution >= 0.6 is 0 Å². The van der Waals surface area contributed by atoms with E-state index < -0.39 is 0 Å². The fraction of sp³-hybridized carbons (Fsp3) is 0.625. The molecule has 2 heterocycles. The van der Waals surface area contributed by atoms with Crippen LogP contribution in [0.4, 0.5) is 5.69 Å². The standard InChI is InChI=1S/C16H25N3O2/c1-18-5-3-13(4-6-18)19(2)11-12-9-15-16(10-14(12)17)21-8-7-20-15/h9-10,13H,3-8,11,17H2,1-2H3. The molecule has 0 atom stereocenters. The molecule has 1 aromatic carbocycles.